The first-order valence-electron chi connectivity index (χ1n) is 10.2. The maximum Gasteiger partial charge on any atom is 0.129 e. The van der Waals surface area contributed by atoms with E-state index in [-0.39, 0.29) is 0 Å². The lowest BCUT2D eigenvalue weighted by molar-refractivity contribution is 0.301. The van der Waals surface area contributed by atoms with Crippen molar-refractivity contribution in [1.82, 2.24) is 4.57 Å². The Bertz CT molecular complexity index is 1150. The topological polar surface area (TPSA) is 14.2 Å². The lowest BCUT2D eigenvalue weighted by Crippen LogP contribution is -2.10. The first kappa shape index (κ1) is 17.8. The number of hydrogen-bond acceptors (Lipinski definition) is 1. The second-order valence-electron chi connectivity index (χ2n) is 7.92. The Hall–Kier alpha value is -3.26. The van der Waals surface area contributed by atoms with E-state index < -0.39 is 0 Å². The number of aromatic nitrogens is 1. The minimum atomic E-state index is 0.640. The van der Waals surface area contributed by atoms with Gasteiger partial charge in [-0.15, -0.1) is 0 Å². The highest BCUT2D eigenvalue weighted by Gasteiger charge is 2.27. The van der Waals surface area contributed by atoms with Crippen LogP contribution in [0.2, 0.25) is 0 Å². The molecule has 0 saturated carbocycles. The number of para-hydroxylation sites is 1. The van der Waals surface area contributed by atoms with Crippen LogP contribution in [0, 0.1) is 13.8 Å². The molecule has 2 heteroatoms. The molecular weight excluding hydrogens is 354 g/mol. The molecular formula is C27H25NO. The Morgan fingerprint density at radius 1 is 0.793 bits per heavy atom. The monoisotopic (exact) mass is 379 g/mol. The largest absolute Gasteiger partial charge is 0.488 e. The van der Waals surface area contributed by atoms with Crippen molar-refractivity contribution in [2.45, 2.75) is 33.4 Å². The van der Waals surface area contributed by atoms with E-state index in [0.29, 0.717) is 6.61 Å². The Kier molecular flexibility index (Phi) is 4.48. The molecule has 2 heterocycles. The molecule has 0 aliphatic carbocycles. The molecule has 144 valence electrons. The van der Waals surface area contributed by atoms with Crippen molar-refractivity contribution in [2.75, 3.05) is 0 Å². The molecule has 0 saturated heterocycles. The Morgan fingerprint density at radius 2 is 1.52 bits per heavy atom. The number of rotatable bonds is 4. The summed E-state index contributed by atoms with van der Waals surface area (Å²) >= 11 is 0. The van der Waals surface area contributed by atoms with Gasteiger partial charge in [-0.25, -0.2) is 0 Å². The summed E-state index contributed by atoms with van der Waals surface area (Å²) in [6, 6.07) is 28.1. The first-order chi connectivity index (χ1) is 14.2. The highest BCUT2D eigenvalue weighted by atomic mass is 16.5. The Balaban J connectivity index is 1.68. The molecule has 0 radical (unpaired) electrons. The van der Waals surface area contributed by atoms with Gasteiger partial charge < -0.3 is 9.30 Å². The summed E-state index contributed by atoms with van der Waals surface area (Å²) in [4.78, 5) is 0. The summed E-state index contributed by atoms with van der Waals surface area (Å²) in [6.07, 6.45) is 0.925. The normalized spacial score (nSPS) is 12.2. The van der Waals surface area contributed by atoms with Crippen LogP contribution in [0.5, 0.6) is 5.75 Å². The molecule has 1 aliphatic heterocycles. The van der Waals surface area contributed by atoms with Gasteiger partial charge in [0.05, 0.1) is 5.69 Å². The molecule has 29 heavy (non-hydrogen) atoms. The fourth-order valence-electron chi connectivity index (χ4n) is 4.34. The molecule has 4 aromatic rings. The molecule has 1 aliphatic rings. The third-order valence-electron chi connectivity index (χ3n) is 5.96. The molecule has 2 nitrogen and oxygen atoms in total. The van der Waals surface area contributed by atoms with Crippen molar-refractivity contribution in [3.05, 3.63) is 112 Å². The lowest BCUT2D eigenvalue weighted by Gasteiger charge is -2.21. The zero-order chi connectivity index (χ0) is 19.8. The van der Waals surface area contributed by atoms with E-state index in [1.165, 1.54) is 44.8 Å². The average molecular weight is 380 g/mol. The molecule has 0 fully saturated rings. The van der Waals surface area contributed by atoms with E-state index in [9.17, 15) is 0 Å². The maximum absolute atomic E-state index is 6.10. The van der Waals surface area contributed by atoms with Crippen LogP contribution < -0.4 is 4.74 Å². The van der Waals surface area contributed by atoms with Crippen LogP contribution in [0.1, 0.15) is 33.5 Å². The summed E-state index contributed by atoms with van der Waals surface area (Å²) < 4.78 is 8.62. The highest BCUT2D eigenvalue weighted by Crippen LogP contribution is 2.42. The van der Waals surface area contributed by atoms with Gasteiger partial charge in [0, 0.05) is 29.8 Å². The molecule has 0 N–H and O–H groups in total. The number of hydrogen-bond donors (Lipinski definition) is 0. The summed E-state index contributed by atoms with van der Waals surface area (Å²) in [6.45, 7) is 5.90. The van der Waals surface area contributed by atoms with Crippen LogP contribution in [-0.4, -0.2) is 4.57 Å². The number of fused-ring (bicyclic) bond motifs is 3. The van der Waals surface area contributed by atoms with E-state index >= 15 is 0 Å². The second-order valence-corrected chi connectivity index (χ2v) is 7.92. The van der Waals surface area contributed by atoms with E-state index in [1.807, 2.05) is 6.07 Å². The van der Waals surface area contributed by atoms with Gasteiger partial charge in [-0.05, 0) is 42.7 Å². The Labute approximate surface area is 172 Å². The van der Waals surface area contributed by atoms with E-state index in [4.69, 9.17) is 4.74 Å². The lowest BCUT2D eigenvalue weighted by atomic mass is 10.0. The minimum Gasteiger partial charge on any atom is -0.488 e. The quantitative estimate of drug-likeness (QED) is 0.406. The molecule has 0 bridgehead atoms. The standard InChI is InChI=1S/C27H25NO/c1-19-12-14-21(15-13-19)16-25-20(2)24-18-29-26-11-7-6-10-23(26)27(24)28(25)17-22-8-4-3-5-9-22/h3-15H,16-18H2,1-2H3. The molecule has 1 aromatic heterocycles. The highest BCUT2D eigenvalue weighted by molar-refractivity contribution is 5.75. The summed E-state index contributed by atoms with van der Waals surface area (Å²) in [7, 11) is 0. The van der Waals surface area contributed by atoms with Crippen molar-refractivity contribution >= 4 is 0 Å². The summed E-state index contributed by atoms with van der Waals surface area (Å²) in [5.41, 5.74) is 10.5. The average Bonchev–Trinajstić information content (AvgIpc) is 3.02. The summed E-state index contributed by atoms with van der Waals surface area (Å²) in [5.74, 6) is 0.980. The Morgan fingerprint density at radius 3 is 2.31 bits per heavy atom. The fourth-order valence-corrected chi connectivity index (χ4v) is 4.34. The van der Waals surface area contributed by atoms with Gasteiger partial charge >= 0.3 is 0 Å². The zero-order valence-electron chi connectivity index (χ0n) is 17.0. The zero-order valence-corrected chi connectivity index (χ0v) is 17.0. The smallest absolute Gasteiger partial charge is 0.129 e. The summed E-state index contributed by atoms with van der Waals surface area (Å²) in [5, 5.41) is 0. The number of ether oxygens (including phenoxy) is 1. The number of aryl methyl sites for hydroxylation is 1. The van der Waals surface area contributed by atoms with Crippen molar-refractivity contribution in [3.8, 4) is 17.0 Å². The van der Waals surface area contributed by atoms with E-state index in [2.05, 4.69) is 91.2 Å². The maximum atomic E-state index is 6.10. The van der Waals surface area contributed by atoms with Gasteiger partial charge in [0.1, 0.15) is 12.4 Å². The molecule has 0 amide bonds. The predicted octanol–water partition coefficient (Wildman–Crippen LogP) is 6.30. The third kappa shape index (κ3) is 3.25. The van der Waals surface area contributed by atoms with Crippen LogP contribution in [-0.2, 0) is 19.6 Å². The van der Waals surface area contributed by atoms with Crippen molar-refractivity contribution in [2.24, 2.45) is 0 Å². The second kappa shape index (κ2) is 7.29. The van der Waals surface area contributed by atoms with E-state index in [0.717, 1.165) is 18.7 Å². The van der Waals surface area contributed by atoms with Crippen LogP contribution in [0.4, 0.5) is 0 Å². The molecule has 0 unspecified atom stereocenters. The van der Waals surface area contributed by atoms with Gasteiger partial charge in [0.25, 0.3) is 0 Å². The van der Waals surface area contributed by atoms with Gasteiger partial charge in [0.2, 0.25) is 0 Å². The van der Waals surface area contributed by atoms with Crippen LogP contribution >= 0.6 is 0 Å². The van der Waals surface area contributed by atoms with Crippen LogP contribution in [0.3, 0.4) is 0 Å². The van der Waals surface area contributed by atoms with Crippen molar-refractivity contribution in [3.63, 3.8) is 0 Å². The SMILES string of the molecule is Cc1ccc(Cc2c(C)c3c(n2Cc2ccccc2)-c2ccccc2OC3)cc1. The van der Waals surface area contributed by atoms with Crippen LogP contribution in [0.15, 0.2) is 78.9 Å². The molecule has 0 atom stereocenters. The van der Waals surface area contributed by atoms with Gasteiger partial charge in [-0.3, -0.25) is 0 Å². The number of nitrogens with zero attached hydrogens (tertiary/aromatic N) is 1. The minimum absolute atomic E-state index is 0.640. The van der Waals surface area contributed by atoms with Gasteiger partial charge in [-0.1, -0.05) is 72.3 Å². The van der Waals surface area contributed by atoms with Crippen molar-refractivity contribution in [1.29, 1.82) is 0 Å². The van der Waals surface area contributed by atoms with Crippen LogP contribution in [0.25, 0.3) is 11.3 Å². The molecule has 3 aromatic carbocycles. The van der Waals surface area contributed by atoms with Gasteiger partial charge in [0.15, 0.2) is 0 Å². The molecule has 5 rings (SSSR count). The number of benzene rings is 3. The third-order valence-corrected chi connectivity index (χ3v) is 5.96. The predicted molar refractivity (Wildman–Crippen MR) is 118 cm³/mol. The molecule has 0 spiro atoms. The van der Waals surface area contributed by atoms with Crippen molar-refractivity contribution < 1.29 is 4.74 Å². The van der Waals surface area contributed by atoms with Gasteiger partial charge in [-0.2, -0.15) is 0 Å². The fraction of sp³-hybridized carbons (Fsp3) is 0.185. The van der Waals surface area contributed by atoms with E-state index in [1.54, 1.807) is 0 Å². The first-order valence-corrected chi connectivity index (χ1v) is 10.2.